The maximum atomic E-state index is 11.8. The van der Waals surface area contributed by atoms with Crippen molar-refractivity contribution in [1.29, 1.82) is 0 Å². The molecule has 0 N–H and O–H groups in total. The first-order valence-electron chi connectivity index (χ1n) is 11.5. The summed E-state index contributed by atoms with van der Waals surface area (Å²) >= 11 is 0. The third-order valence-electron chi connectivity index (χ3n) is 8.06. The molecule has 4 aliphatic carbocycles. The topological polar surface area (TPSA) is 50.3 Å². The van der Waals surface area contributed by atoms with Gasteiger partial charge in [0.05, 0.1) is 6.26 Å². The Morgan fingerprint density at radius 2 is 1.69 bits per heavy atom. The summed E-state index contributed by atoms with van der Waals surface area (Å²) in [4.78, 5) is 4.11. The summed E-state index contributed by atoms with van der Waals surface area (Å²) in [5.41, 5.74) is 1.82. The van der Waals surface area contributed by atoms with Gasteiger partial charge in [-0.25, -0.2) is 12.7 Å². The Hall–Kier alpha value is -0.940. The van der Waals surface area contributed by atoms with Crippen LogP contribution in [0.4, 0.5) is 0 Å². The van der Waals surface area contributed by atoms with Gasteiger partial charge in [-0.1, -0.05) is 0 Å². The van der Waals surface area contributed by atoms with E-state index in [1.54, 1.807) is 7.05 Å². The highest BCUT2D eigenvalue weighted by atomic mass is 32.2. The number of hydrogen-bond acceptors (Lipinski definition) is 3. The molecule has 0 saturated heterocycles. The standard InChI is InChI=1S/C24H37N2O2S/c1-26(29(2,27)28)12-8-19(3-4-20-6-10-25-11-7-20)5-9-24-16-21-13-22(17-24)15-23(14-21)18-24/h4,6-7,10-11,19,21-23H,3,5,8-9,12-18H2,1-2H3. The second-order valence-electron chi connectivity index (χ2n) is 10.4. The summed E-state index contributed by atoms with van der Waals surface area (Å²) in [6.45, 7) is 0.620. The van der Waals surface area contributed by atoms with Crippen molar-refractivity contribution < 1.29 is 8.42 Å². The lowest BCUT2D eigenvalue weighted by atomic mass is 9.48. The summed E-state index contributed by atoms with van der Waals surface area (Å²) in [6.07, 6.45) is 20.7. The van der Waals surface area contributed by atoms with Gasteiger partial charge in [0, 0.05) is 26.0 Å². The largest absolute Gasteiger partial charge is 0.265 e. The molecule has 0 aromatic carbocycles. The van der Waals surface area contributed by atoms with E-state index in [0.717, 1.165) is 30.6 Å². The van der Waals surface area contributed by atoms with Crippen LogP contribution < -0.4 is 0 Å². The quantitative estimate of drug-likeness (QED) is 0.543. The second kappa shape index (κ2) is 8.66. The van der Waals surface area contributed by atoms with Crippen LogP contribution in [0.1, 0.15) is 69.8 Å². The van der Waals surface area contributed by atoms with Crippen molar-refractivity contribution in [3.63, 3.8) is 0 Å². The monoisotopic (exact) mass is 417 g/mol. The zero-order chi connectivity index (χ0) is 20.5. The van der Waals surface area contributed by atoms with Crippen molar-refractivity contribution in [3.8, 4) is 0 Å². The molecular formula is C24H37N2O2S. The lowest BCUT2D eigenvalue weighted by molar-refractivity contribution is -0.0601. The van der Waals surface area contributed by atoms with E-state index in [4.69, 9.17) is 0 Å². The van der Waals surface area contributed by atoms with Gasteiger partial charge in [0.15, 0.2) is 0 Å². The molecular weight excluding hydrogens is 380 g/mol. The third-order valence-corrected chi connectivity index (χ3v) is 9.37. The van der Waals surface area contributed by atoms with E-state index < -0.39 is 10.0 Å². The minimum absolute atomic E-state index is 0.542. The first-order valence-corrected chi connectivity index (χ1v) is 13.3. The summed E-state index contributed by atoms with van der Waals surface area (Å²) in [6, 6.07) is 4.11. The molecule has 161 valence electrons. The molecule has 5 rings (SSSR count). The Labute approximate surface area is 177 Å². The number of sulfonamides is 1. The molecule has 29 heavy (non-hydrogen) atoms. The van der Waals surface area contributed by atoms with Gasteiger partial charge in [-0.2, -0.15) is 0 Å². The maximum absolute atomic E-state index is 11.8. The Bertz CT molecular complexity index is 742. The molecule has 5 heteroatoms. The second-order valence-corrected chi connectivity index (χ2v) is 12.5. The minimum Gasteiger partial charge on any atom is -0.265 e. The molecule has 0 amide bonds. The van der Waals surface area contributed by atoms with Crippen molar-refractivity contribution in [3.05, 3.63) is 36.5 Å². The number of nitrogens with zero attached hydrogens (tertiary/aromatic N) is 2. The van der Waals surface area contributed by atoms with Crippen LogP contribution in [0.15, 0.2) is 24.5 Å². The van der Waals surface area contributed by atoms with Gasteiger partial charge in [-0.3, -0.25) is 4.98 Å². The average molecular weight is 418 g/mol. The molecule has 0 aliphatic heterocycles. The van der Waals surface area contributed by atoms with Crippen LogP contribution in [-0.4, -0.2) is 37.6 Å². The van der Waals surface area contributed by atoms with Crippen LogP contribution in [0.2, 0.25) is 0 Å². The Morgan fingerprint density at radius 3 is 2.24 bits per heavy atom. The van der Waals surface area contributed by atoms with Crippen molar-refractivity contribution >= 4 is 10.0 Å². The van der Waals surface area contributed by atoms with Gasteiger partial charge >= 0.3 is 0 Å². The number of hydrogen-bond donors (Lipinski definition) is 0. The fourth-order valence-electron chi connectivity index (χ4n) is 6.82. The van der Waals surface area contributed by atoms with E-state index in [2.05, 4.69) is 23.5 Å². The van der Waals surface area contributed by atoms with E-state index in [1.165, 1.54) is 67.5 Å². The first-order chi connectivity index (χ1) is 13.8. The predicted molar refractivity (Wildman–Crippen MR) is 118 cm³/mol. The fraction of sp³-hybridized carbons (Fsp3) is 0.750. The molecule has 4 nitrogen and oxygen atoms in total. The summed E-state index contributed by atoms with van der Waals surface area (Å²) in [5, 5.41) is 0. The van der Waals surface area contributed by atoms with Gasteiger partial charge in [-0.05, 0) is 117 Å². The summed E-state index contributed by atoms with van der Waals surface area (Å²) < 4.78 is 25.2. The number of aromatic nitrogens is 1. The average Bonchev–Trinajstić information content (AvgIpc) is 2.66. The zero-order valence-electron chi connectivity index (χ0n) is 18.1. The van der Waals surface area contributed by atoms with Crippen molar-refractivity contribution in [2.45, 2.75) is 64.2 Å². The smallest absolute Gasteiger partial charge is 0.210 e. The van der Waals surface area contributed by atoms with Crippen LogP contribution >= 0.6 is 0 Å². The summed E-state index contributed by atoms with van der Waals surface area (Å²) in [7, 11) is -1.40. The SMILES string of the molecule is CN(CCC(C[CH]c1ccncc1)CCC12CC3CC(CC(C3)C1)C2)S(C)(=O)=O. The van der Waals surface area contributed by atoms with Gasteiger partial charge in [-0.15, -0.1) is 0 Å². The molecule has 1 heterocycles. The van der Waals surface area contributed by atoms with Gasteiger partial charge in [0.1, 0.15) is 0 Å². The fourth-order valence-corrected chi connectivity index (χ4v) is 7.26. The zero-order valence-corrected chi connectivity index (χ0v) is 18.9. The predicted octanol–water partition coefficient (Wildman–Crippen LogP) is 4.92. The van der Waals surface area contributed by atoms with Gasteiger partial charge in [0.25, 0.3) is 0 Å². The molecule has 4 bridgehead atoms. The van der Waals surface area contributed by atoms with Gasteiger partial charge in [0.2, 0.25) is 10.0 Å². The Morgan fingerprint density at radius 1 is 1.10 bits per heavy atom. The van der Waals surface area contributed by atoms with E-state index in [9.17, 15) is 8.42 Å². The number of pyridine rings is 1. The van der Waals surface area contributed by atoms with E-state index in [-0.39, 0.29) is 0 Å². The van der Waals surface area contributed by atoms with Crippen molar-refractivity contribution in [1.82, 2.24) is 9.29 Å². The van der Waals surface area contributed by atoms with Crippen molar-refractivity contribution in [2.75, 3.05) is 19.8 Å². The third kappa shape index (κ3) is 5.41. The molecule has 1 atom stereocenters. The highest BCUT2D eigenvalue weighted by Crippen LogP contribution is 2.61. The van der Waals surface area contributed by atoms with Gasteiger partial charge < -0.3 is 0 Å². The molecule has 1 radical (unpaired) electrons. The highest BCUT2D eigenvalue weighted by Gasteiger charge is 2.50. The van der Waals surface area contributed by atoms with E-state index >= 15 is 0 Å². The Kier molecular flexibility index (Phi) is 6.36. The van der Waals surface area contributed by atoms with Crippen LogP contribution in [0.25, 0.3) is 0 Å². The maximum Gasteiger partial charge on any atom is 0.210 e. The minimum atomic E-state index is -3.10. The van der Waals surface area contributed by atoms with E-state index in [1.807, 2.05) is 12.4 Å². The summed E-state index contributed by atoms with van der Waals surface area (Å²) in [5.74, 6) is 3.54. The van der Waals surface area contributed by atoms with Crippen LogP contribution in [0.3, 0.4) is 0 Å². The highest BCUT2D eigenvalue weighted by molar-refractivity contribution is 7.88. The first kappa shape index (κ1) is 21.3. The van der Waals surface area contributed by atoms with Crippen molar-refractivity contribution in [2.24, 2.45) is 29.1 Å². The van der Waals surface area contributed by atoms with Crippen LogP contribution in [0, 0.1) is 35.5 Å². The lowest BCUT2D eigenvalue weighted by Gasteiger charge is -2.57. The Balaban J connectivity index is 1.36. The lowest BCUT2D eigenvalue weighted by Crippen LogP contribution is -2.46. The molecule has 4 saturated carbocycles. The van der Waals surface area contributed by atoms with E-state index in [0.29, 0.717) is 17.9 Å². The normalized spacial score (nSPS) is 32.0. The molecule has 0 spiro atoms. The molecule has 1 unspecified atom stereocenters. The molecule has 1 aromatic heterocycles. The molecule has 4 fully saturated rings. The number of rotatable bonds is 10. The molecule has 1 aromatic rings. The van der Waals surface area contributed by atoms with Crippen LogP contribution in [0.5, 0.6) is 0 Å². The van der Waals surface area contributed by atoms with Crippen LogP contribution in [-0.2, 0) is 10.0 Å². The molecule has 4 aliphatic rings.